The number of rotatable bonds is 6. The highest BCUT2D eigenvalue weighted by Gasteiger charge is 2.31. The highest BCUT2D eigenvalue weighted by atomic mass is 19.4. The summed E-state index contributed by atoms with van der Waals surface area (Å²) in [5, 5.41) is 12.9. The fourth-order valence-electron chi connectivity index (χ4n) is 13.1. The highest BCUT2D eigenvalue weighted by molar-refractivity contribution is 5.99. The molecule has 0 bridgehead atoms. The van der Waals surface area contributed by atoms with Crippen LogP contribution >= 0.6 is 0 Å². The molecule has 10 nitrogen and oxygen atoms in total. The van der Waals surface area contributed by atoms with E-state index in [1.807, 2.05) is 75.0 Å². The smallest absolute Gasteiger partial charge is 0.416 e. The second-order valence-corrected chi connectivity index (χ2v) is 25.3. The minimum Gasteiger partial charge on any atom is -0.497 e. The molecular formula is C85H75F3N8O2+4. The summed E-state index contributed by atoms with van der Waals surface area (Å²) in [6.07, 6.45) is 3.84. The van der Waals surface area contributed by atoms with Gasteiger partial charge in [0.2, 0.25) is 0 Å². The van der Waals surface area contributed by atoms with Crippen LogP contribution in [0.4, 0.5) is 13.2 Å². The number of halogens is 3. The number of hydrogen-bond acceptors (Lipinski definition) is 6. The van der Waals surface area contributed by atoms with Crippen LogP contribution in [0.5, 0.6) is 11.5 Å². The molecule has 0 spiro atoms. The molecule has 13 heteroatoms. The predicted molar refractivity (Wildman–Crippen MR) is 390 cm³/mol. The molecule has 4 heterocycles. The summed E-state index contributed by atoms with van der Waals surface area (Å²) in [6, 6.07) is 70.6. The second-order valence-electron chi connectivity index (χ2n) is 25.3. The largest absolute Gasteiger partial charge is 0.497 e. The number of methoxy groups -OCH3 is 2. The van der Waals surface area contributed by atoms with E-state index >= 15 is 0 Å². The maximum Gasteiger partial charge on any atom is 0.416 e. The van der Waals surface area contributed by atoms with Gasteiger partial charge in [0, 0.05) is 11.6 Å². The van der Waals surface area contributed by atoms with Gasteiger partial charge >= 0.3 is 29.5 Å². The Morgan fingerprint density at radius 1 is 0.347 bits per heavy atom. The molecule has 0 N–H and O–H groups in total. The first-order valence-electron chi connectivity index (χ1n) is 32.5. The van der Waals surface area contributed by atoms with E-state index in [4.69, 9.17) is 24.4 Å². The lowest BCUT2D eigenvalue weighted by Gasteiger charge is -2.11. The number of ether oxygens (including phenoxy) is 2. The molecule has 484 valence electrons. The van der Waals surface area contributed by atoms with Gasteiger partial charge in [-0.3, -0.25) is 0 Å². The molecule has 0 fully saturated rings. The quantitative estimate of drug-likeness (QED) is 0.122. The van der Waals surface area contributed by atoms with E-state index in [0.29, 0.717) is 5.39 Å². The lowest BCUT2D eigenvalue weighted by Crippen LogP contribution is -2.33. The summed E-state index contributed by atoms with van der Waals surface area (Å²) in [4.78, 5) is 19.4. The van der Waals surface area contributed by atoms with Crippen molar-refractivity contribution >= 4 is 86.7 Å². The van der Waals surface area contributed by atoms with Crippen molar-refractivity contribution in [3.63, 3.8) is 0 Å². The SMILES string of the molecule is COc1cc(OC)c(C)c(-c2nc3cc4ccccc4cc3c[n+]2C)c1.Cc1cc(C)c(C)c(-c2nc3cc4ccccc4cc3c[n+]2C)c1.Cc1ccccc1-c1nc2cc3ccccc3cc2c[n+]1C.Cc1ccccc1-c1ncc2cc3cc(C(F)(F)F)ccc3cc2[n+]1C. The van der Waals surface area contributed by atoms with Crippen LogP contribution in [0, 0.1) is 41.5 Å². The Kier molecular flexibility index (Phi) is 17.9. The topological polar surface area (TPSA) is 85.5 Å². The van der Waals surface area contributed by atoms with Crippen molar-refractivity contribution in [2.45, 2.75) is 47.7 Å². The fraction of sp³-hybridized carbons (Fsp3) is 0.153. The number of benzene rings is 12. The maximum absolute atomic E-state index is 13.0. The van der Waals surface area contributed by atoms with E-state index in [0.717, 1.165) is 101 Å². The van der Waals surface area contributed by atoms with Gasteiger partial charge in [-0.25, -0.2) is 18.3 Å². The zero-order chi connectivity index (χ0) is 68.7. The molecule has 0 aliphatic carbocycles. The third-order valence-corrected chi connectivity index (χ3v) is 18.5. The van der Waals surface area contributed by atoms with E-state index in [1.54, 1.807) is 26.5 Å². The Labute approximate surface area is 567 Å². The lowest BCUT2D eigenvalue weighted by atomic mass is 9.99. The number of fused-ring (bicyclic) bond motifs is 8. The average molecular weight is 1300 g/mol. The molecule has 98 heavy (non-hydrogen) atoms. The van der Waals surface area contributed by atoms with Gasteiger partial charge in [0.25, 0.3) is 0 Å². The Hall–Kier alpha value is -11.6. The molecule has 0 aliphatic rings. The summed E-state index contributed by atoms with van der Waals surface area (Å²) in [5.74, 6) is 5.26. The van der Waals surface area contributed by atoms with Crippen LogP contribution in [0.3, 0.4) is 0 Å². The van der Waals surface area contributed by atoms with Crippen molar-refractivity contribution in [3.05, 3.63) is 276 Å². The monoisotopic (exact) mass is 1300 g/mol. The molecule has 16 aromatic rings. The minimum absolute atomic E-state index is 0.553. The molecule has 0 aliphatic heterocycles. The number of hydrogen-bond donors (Lipinski definition) is 0. The van der Waals surface area contributed by atoms with Crippen LogP contribution in [0.2, 0.25) is 0 Å². The number of aromatic nitrogens is 8. The van der Waals surface area contributed by atoms with Crippen molar-refractivity contribution in [1.82, 2.24) is 19.9 Å². The molecule has 0 amide bonds. The van der Waals surface area contributed by atoms with Gasteiger partial charge in [0.1, 0.15) is 35.6 Å². The Morgan fingerprint density at radius 3 is 1.22 bits per heavy atom. The first-order valence-corrected chi connectivity index (χ1v) is 32.5. The summed E-state index contributed by atoms with van der Waals surface area (Å²) in [7, 11) is 11.4. The molecule has 0 unspecified atom stereocenters. The third kappa shape index (κ3) is 13.1. The van der Waals surface area contributed by atoms with Gasteiger partial charge in [0.05, 0.1) is 91.8 Å². The van der Waals surface area contributed by atoms with Gasteiger partial charge in [0.15, 0.2) is 22.7 Å². The normalized spacial score (nSPS) is 11.4. The average Bonchev–Trinajstić information content (AvgIpc) is 0.786. The van der Waals surface area contributed by atoms with Gasteiger partial charge in [-0.1, -0.05) is 121 Å². The van der Waals surface area contributed by atoms with Crippen molar-refractivity contribution < 1.29 is 40.9 Å². The molecule has 0 radical (unpaired) electrons. The maximum atomic E-state index is 13.0. The van der Waals surface area contributed by atoms with Gasteiger partial charge in [-0.15, -0.1) is 0 Å². The van der Waals surface area contributed by atoms with Gasteiger partial charge in [-0.2, -0.15) is 13.2 Å². The van der Waals surface area contributed by atoms with Crippen molar-refractivity contribution in [3.8, 4) is 57.1 Å². The zero-order valence-electron chi connectivity index (χ0n) is 57.0. The Morgan fingerprint density at radius 2 is 0.765 bits per heavy atom. The molecule has 4 aromatic heterocycles. The minimum atomic E-state index is -4.35. The van der Waals surface area contributed by atoms with E-state index in [-0.39, 0.29) is 0 Å². The number of alkyl halides is 3. The third-order valence-electron chi connectivity index (χ3n) is 18.5. The fourth-order valence-corrected chi connectivity index (χ4v) is 13.1. The molecule has 0 saturated carbocycles. The second kappa shape index (κ2) is 26.9. The van der Waals surface area contributed by atoms with Crippen LogP contribution in [-0.2, 0) is 34.4 Å². The van der Waals surface area contributed by atoms with Crippen molar-refractivity contribution in [2.75, 3.05) is 14.2 Å². The van der Waals surface area contributed by atoms with E-state index in [1.165, 1.54) is 88.6 Å². The van der Waals surface area contributed by atoms with Crippen LogP contribution < -0.4 is 27.7 Å². The summed E-state index contributed by atoms with van der Waals surface area (Å²) < 4.78 is 58.1. The molecular weight excluding hydrogens is 1220 g/mol. The number of nitrogens with zero attached hydrogens (tertiary/aromatic N) is 8. The Bertz CT molecular complexity index is 5810. The van der Waals surface area contributed by atoms with E-state index < -0.39 is 11.7 Å². The highest BCUT2D eigenvalue weighted by Crippen LogP contribution is 2.36. The molecule has 0 atom stereocenters. The van der Waals surface area contributed by atoms with E-state index in [9.17, 15) is 13.2 Å². The molecule has 12 aromatic carbocycles. The zero-order valence-corrected chi connectivity index (χ0v) is 57.0. The standard InChI is InChI=1S/C22H21N2O2.C22H21N2.C21H16F3N2.C20H17N2/c1-14-19(11-18(25-3)12-21(14)26-4)22-23-20-10-16-8-6-5-7-15(16)9-17(20)13-24(22)2;1-14-9-15(2)16(3)20(10-14)22-23-21-12-18-8-6-5-7-17(18)11-19(21)13-24(22)4;1-13-5-3-4-6-18(13)20-25-12-16-9-15-10-17(21(22,23)24)8-7-14(15)11-19(16)26(20)2;1-14-7-3-6-10-18(14)20-21-19-12-16-9-5-4-8-15(16)11-17(19)13-22(20)2/h5-13H,1-4H3;5-13H,1-4H3;3-12H,1-2H3;3-13H,1-2H3/q4*+1. The first kappa shape index (κ1) is 65.1. The van der Waals surface area contributed by atoms with Crippen LogP contribution in [-0.4, -0.2) is 34.2 Å². The van der Waals surface area contributed by atoms with Crippen LogP contribution in [0.25, 0.3) is 132 Å². The molecule has 16 rings (SSSR count). The van der Waals surface area contributed by atoms with Gasteiger partial charge < -0.3 is 9.47 Å². The summed E-state index contributed by atoms with van der Waals surface area (Å²) >= 11 is 0. The van der Waals surface area contributed by atoms with E-state index in [2.05, 4.69) is 225 Å². The number of aryl methyl sites for hydroxylation is 8. The molecule has 0 saturated heterocycles. The van der Waals surface area contributed by atoms with Gasteiger partial charge in [-0.05, 0) is 217 Å². The van der Waals surface area contributed by atoms with Crippen molar-refractivity contribution in [1.29, 1.82) is 0 Å². The van der Waals surface area contributed by atoms with Crippen molar-refractivity contribution in [2.24, 2.45) is 28.2 Å². The van der Waals surface area contributed by atoms with Crippen LogP contribution in [0.15, 0.2) is 237 Å². The summed E-state index contributed by atoms with van der Waals surface area (Å²) in [5.41, 5.74) is 15.0. The predicted octanol–water partition coefficient (Wildman–Crippen LogP) is 18.4. The lowest BCUT2D eigenvalue weighted by molar-refractivity contribution is -0.661. The summed E-state index contributed by atoms with van der Waals surface area (Å²) in [6.45, 7) is 12.7. The Balaban J connectivity index is 0.000000118. The van der Waals surface area contributed by atoms with Crippen LogP contribution in [0.1, 0.15) is 38.9 Å². The first-order chi connectivity index (χ1) is 47.2.